The molecule has 5 heteroatoms. The first-order valence-corrected chi connectivity index (χ1v) is 8.74. The zero-order valence-electron chi connectivity index (χ0n) is 14.0. The van der Waals surface area contributed by atoms with Gasteiger partial charge in [0.05, 0.1) is 28.1 Å². The minimum atomic E-state index is 0.297. The molecule has 1 fully saturated rings. The highest BCUT2D eigenvalue weighted by Gasteiger charge is 2.41. The molecule has 1 N–H and O–H groups in total. The molecule has 0 amide bonds. The van der Waals surface area contributed by atoms with E-state index in [1.54, 1.807) is 0 Å². The van der Waals surface area contributed by atoms with Crippen molar-refractivity contribution >= 4 is 15.9 Å². The molecule has 21 heavy (non-hydrogen) atoms. The van der Waals surface area contributed by atoms with Crippen molar-refractivity contribution in [3.05, 3.63) is 15.9 Å². The number of hydrogen-bond acceptors (Lipinski definition) is 3. The van der Waals surface area contributed by atoms with Crippen LogP contribution in [0.3, 0.4) is 0 Å². The minimum Gasteiger partial charge on any atom is -0.375 e. The van der Waals surface area contributed by atoms with Gasteiger partial charge in [-0.2, -0.15) is 5.10 Å². The summed E-state index contributed by atoms with van der Waals surface area (Å²) < 4.78 is 9.28. The van der Waals surface area contributed by atoms with E-state index in [1.165, 1.54) is 5.69 Å². The molecule has 0 aromatic carbocycles. The molecule has 0 bridgehead atoms. The van der Waals surface area contributed by atoms with Crippen LogP contribution in [0.5, 0.6) is 0 Å². The summed E-state index contributed by atoms with van der Waals surface area (Å²) in [5.74, 6) is 1.09. The summed E-state index contributed by atoms with van der Waals surface area (Å²) in [6.45, 7) is 11.8. The van der Waals surface area contributed by atoms with E-state index in [0.29, 0.717) is 30.1 Å². The van der Waals surface area contributed by atoms with Gasteiger partial charge in [-0.15, -0.1) is 0 Å². The Balaban J connectivity index is 2.24. The van der Waals surface area contributed by atoms with E-state index in [9.17, 15) is 0 Å². The Morgan fingerprint density at radius 1 is 1.33 bits per heavy atom. The van der Waals surface area contributed by atoms with Crippen LogP contribution < -0.4 is 5.32 Å². The molecule has 1 aromatic heterocycles. The fraction of sp³-hybridized carbons (Fsp3) is 0.812. The molecule has 2 rings (SSSR count). The second-order valence-corrected chi connectivity index (χ2v) is 7.04. The number of halogens is 1. The fourth-order valence-corrected chi connectivity index (χ4v) is 4.14. The molecule has 0 aliphatic carbocycles. The molecule has 1 aromatic rings. The molecule has 4 nitrogen and oxygen atoms in total. The summed E-state index contributed by atoms with van der Waals surface area (Å²) >= 11 is 3.71. The van der Waals surface area contributed by atoms with Crippen LogP contribution in [0.25, 0.3) is 0 Å². The topological polar surface area (TPSA) is 39.1 Å². The highest BCUT2D eigenvalue weighted by molar-refractivity contribution is 9.10. The predicted molar refractivity (Wildman–Crippen MR) is 89.6 cm³/mol. The third-order valence-corrected chi connectivity index (χ3v) is 6.05. The lowest BCUT2D eigenvalue weighted by Gasteiger charge is -2.29. The van der Waals surface area contributed by atoms with E-state index in [-0.39, 0.29) is 0 Å². The molecule has 2 heterocycles. The maximum Gasteiger partial charge on any atom is 0.0738 e. The number of rotatable bonds is 5. The number of aromatic nitrogens is 2. The molecule has 1 saturated heterocycles. The fourth-order valence-electron chi connectivity index (χ4n) is 3.69. The molecule has 1 aliphatic heterocycles. The van der Waals surface area contributed by atoms with Gasteiger partial charge in [-0.05, 0) is 56.6 Å². The quantitative estimate of drug-likeness (QED) is 0.879. The Bertz CT molecular complexity index is 488. The summed E-state index contributed by atoms with van der Waals surface area (Å²) in [7, 11) is 2.06. The van der Waals surface area contributed by atoms with Crippen molar-refractivity contribution in [3.63, 3.8) is 0 Å². The molecule has 5 unspecified atom stereocenters. The van der Waals surface area contributed by atoms with Gasteiger partial charge in [0.25, 0.3) is 0 Å². The predicted octanol–water partition coefficient (Wildman–Crippen LogP) is 3.16. The molecular formula is C16H28BrN3O. The van der Waals surface area contributed by atoms with Gasteiger partial charge in [-0.3, -0.25) is 4.68 Å². The van der Waals surface area contributed by atoms with Crippen LogP contribution in [0.4, 0.5) is 0 Å². The Labute approximate surface area is 136 Å². The van der Waals surface area contributed by atoms with Crippen LogP contribution in [0.1, 0.15) is 39.1 Å². The normalized spacial score (nSPS) is 30.8. The number of nitrogens with one attached hydrogen (secondary N) is 1. The van der Waals surface area contributed by atoms with Gasteiger partial charge in [0.1, 0.15) is 0 Å². The van der Waals surface area contributed by atoms with Gasteiger partial charge in [-0.1, -0.05) is 6.92 Å². The summed E-state index contributed by atoms with van der Waals surface area (Å²) in [4.78, 5) is 0. The van der Waals surface area contributed by atoms with Crippen LogP contribution in [0.15, 0.2) is 4.47 Å². The Morgan fingerprint density at radius 3 is 2.48 bits per heavy atom. The average Bonchev–Trinajstić information content (AvgIpc) is 2.86. The van der Waals surface area contributed by atoms with Crippen molar-refractivity contribution in [3.8, 4) is 0 Å². The lowest BCUT2D eigenvalue weighted by atomic mass is 9.81. The molecule has 5 atom stereocenters. The van der Waals surface area contributed by atoms with Gasteiger partial charge in [0, 0.05) is 24.9 Å². The minimum absolute atomic E-state index is 0.297. The zero-order chi connectivity index (χ0) is 15.7. The molecule has 120 valence electrons. The lowest BCUT2D eigenvalue weighted by molar-refractivity contribution is 0.0478. The van der Waals surface area contributed by atoms with Crippen molar-refractivity contribution in [2.75, 3.05) is 7.05 Å². The summed E-state index contributed by atoms with van der Waals surface area (Å²) in [5.41, 5.74) is 2.35. The second-order valence-electron chi connectivity index (χ2n) is 6.24. The first-order chi connectivity index (χ1) is 9.90. The van der Waals surface area contributed by atoms with Gasteiger partial charge in [0.2, 0.25) is 0 Å². The van der Waals surface area contributed by atoms with E-state index in [1.807, 2.05) is 0 Å². The Morgan fingerprint density at radius 2 is 2.00 bits per heavy atom. The first-order valence-electron chi connectivity index (χ1n) is 7.95. The second kappa shape index (κ2) is 6.80. The van der Waals surface area contributed by atoms with E-state index in [2.05, 4.69) is 72.7 Å². The molecule has 1 aliphatic rings. The monoisotopic (exact) mass is 357 g/mol. The van der Waals surface area contributed by atoms with Crippen LogP contribution >= 0.6 is 15.9 Å². The third-order valence-electron chi connectivity index (χ3n) is 5.02. The van der Waals surface area contributed by atoms with Crippen LogP contribution in [-0.4, -0.2) is 35.1 Å². The highest BCUT2D eigenvalue weighted by atomic mass is 79.9. The largest absolute Gasteiger partial charge is 0.375 e. The highest BCUT2D eigenvalue weighted by Crippen LogP contribution is 2.36. The SMILES string of the molecule is CCn1nc(C)c(Br)c1CC(NC)C1C(C)OC(C)C1C. The van der Waals surface area contributed by atoms with Crippen LogP contribution in [0.2, 0.25) is 0 Å². The van der Waals surface area contributed by atoms with Gasteiger partial charge >= 0.3 is 0 Å². The molecule has 0 saturated carbocycles. The number of likely N-dealkylation sites (N-methyl/N-ethyl adjacent to an activating group) is 1. The number of nitrogens with zero attached hydrogens (tertiary/aromatic N) is 2. The maximum atomic E-state index is 6.02. The summed E-state index contributed by atoms with van der Waals surface area (Å²) in [5, 5.41) is 8.13. The molecule has 0 spiro atoms. The average molecular weight is 358 g/mol. The number of ether oxygens (including phenoxy) is 1. The zero-order valence-corrected chi connectivity index (χ0v) is 15.6. The van der Waals surface area contributed by atoms with Crippen LogP contribution in [-0.2, 0) is 17.7 Å². The summed E-state index contributed by atoms with van der Waals surface area (Å²) in [6, 6.07) is 0.401. The lowest BCUT2D eigenvalue weighted by Crippen LogP contribution is -2.42. The van der Waals surface area contributed by atoms with Crippen molar-refractivity contribution in [1.29, 1.82) is 0 Å². The van der Waals surface area contributed by atoms with E-state index >= 15 is 0 Å². The van der Waals surface area contributed by atoms with E-state index < -0.39 is 0 Å². The number of hydrogen-bond donors (Lipinski definition) is 1. The van der Waals surface area contributed by atoms with Crippen molar-refractivity contribution in [1.82, 2.24) is 15.1 Å². The molecular weight excluding hydrogens is 330 g/mol. The smallest absolute Gasteiger partial charge is 0.0738 e. The maximum absolute atomic E-state index is 6.02. The van der Waals surface area contributed by atoms with Crippen molar-refractivity contribution in [2.45, 2.75) is 65.8 Å². The Hall–Kier alpha value is -0.390. The third kappa shape index (κ3) is 3.20. The van der Waals surface area contributed by atoms with Gasteiger partial charge in [0.15, 0.2) is 0 Å². The van der Waals surface area contributed by atoms with E-state index in [0.717, 1.165) is 23.1 Å². The summed E-state index contributed by atoms with van der Waals surface area (Å²) in [6.07, 6.45) is 1.61. The van der Waals surface area contributed by atoms with Crippen LogP contribution in [0, 0.1) is 18.8 Å². The van der Waals surface area contributed by atoms with Gasteiger partial charge < -0.3 is 10.1 Å². The van der Waals surface area contributed by atoms with Crippen molar-refractivity contribution in [2.24, 2.45) is 11.8 Å². The molecule has 0 radical (unpaired) electrons. The Kier molecular flexibility index (Phi) is 5.49. The van der Waals surface area contributed by atoms with Crippen molar-refractivity contribution < 1.29 is 4.74 Å². The van der Waals surface area contributed by atoms with Gasteiger partial charge in [-0.25, -0.2) is 0 Å². The van der Waals surface area contributed by atoms with E-state index in [4.69, 9.17) is 4.74 Å². The standard InChI is InChI=1S/C16H28BrN3O/c1-7-20-14(16(17)10(3)19-20)8-13(18-6)15-9(2)11(4)21-12(15)5/h9,11-13,15,18H,7-8H2,1-6H3. The number of aryl methyl sites for hydroxylation is 2. The first kappa shape index (κ1) is 17.0.